The lowest BCUT2D eigenvalue weighted by Gasteiger charge is -2.10. The van der Waals surface area contributed by atoms with Gasteiger partial charge in [-0.25, -0.2) is 4.98 Å². The number of methoxy groups -OCH3 is 1. The van der Waals surface area contributed by atoms with Crippen LogP contribution in [0, 0.1) is 6.92 Å². The number of benzene rings is 2. The number of carbonyl (C=O) groups excluding carboxylic acids is 1. The van der Waals surface area contributed by atoms with Crippen LogP contribution in [-0.2, 0) is 22.5 Å². The largest absolute Gasteiger partial charge is 0.383 e. The molecular formula is C21H23Cl2N3O2. The molecule has 0 saturated carbocycles. The van der Waals surface area contributed by atoms with Crippen molar-refractivity contribution in [2.24, 2.45) is 0 Å². The molecule has 3 aromatic rings. The van der Waals surface area contributed by atoms with Crippen LogP contribution in [0.5, 0.6) is 0 Å². The fraction of sp³-hybridized carbons (Fsp3) is 0.333. The Morgan fingerprint density at radius 3 is 2.61 bits per heavy atom. The average Bonchev–Trinajstić information content (AvgIpc) is 2.98. The molecule has 1 amide bonds. The van der Waals surface area contributed by atoms with Crippen molar-refractivity contribution >= 4 is 40.1 Å². The van der Waals surface area contributed by atoms with Crippen LogP contribution in [0.4, 0.5) is 0 Å². The number of nitrogens with one attached hydrogen (secondary N) is 1. The second-order valence-corrected chi connectivity index (χ2v) is 7.50. The standard InChI is InChI=1S/C21H23Cl2N3O2/c1-14-3-5-15(6-4-14)11-20-25-18-12-16(22)17(23)13-19(18)26(20)9-7-21(27)24-8-10-28-2/h3-6,12-13H,7-11H2,1-2H3,(H,24,27). The van der Waals surface area contributed by atoms with Gasteiger partial charge in [-0.15, -0.1) is 0 Å². The van der Waals surface area contributed by atoms with Crippen molar-refractivity contribution in [3.63, 3.8) is 0 Å². The summed E-state index contributed by atoms with van der Waals surface area (Å²) in [5.41, 5.74) is 4.02. The van der Waals surface area contributed by atoms with Crippen LogP contribution in [0.1, 0.15) is 23.4 Å². The third-order valence-corrected chi connectivity index (χ3v) is 5.27. The minimum Gasteiger partial charge on any atom is -0.383 e. The van der Waals surface area contributed by atoms with E-state index in [9.17, 15) is 4.79 Å². The molecule has 1 N–H and O–H groups in total. The molecule has 28 heavy (non-hydrogen) atoms. The Kier molecular flexibility index (Phi) is 6.94. The van der Waals surface area contributed by atoms with Crippen molar-refractivity contribution in [2.75, 3.05) is 20.3 Å². The number of aryl methyl sites for hydroxylation is 2. The summed E-state index contributed by atoms with van der Waals surface area (Å²) in [4.78, 5) is 16.9. The van der Waals surface area contributed by atoms with E-state index < -0.39 is 0 Å². The van der Waals surface area contributed by atoms with E-state index in [-0.39, 0.29) is 5.91 Å². The normalized spacial score (nSPS) is 11.1. The zero-order valence-electron chi connectivity index (χ0n) is 16.0. The molecule has 0 radical (unpaired) electrons. The molecule has 0 spiro atoms. The third-order valence-electron chi connectivity index (χ3n) is 4.54. The first-order chi connectivity index (χ1) is 13.5. The van der Waals surface area contributed by atoms with E-state index in [1.165, 1.54) is 5.56 Å². The summed E-state index contributed by atoms with van der Waals surface area (Å²) in [6.07, 6.45) is 1.01. The van der Waals surface area contributed by atoms with E-state index in [0.717, 1.165) is 22.4 Å². The first-order valence-corrected chi connectivity index (χ1v) is 9.89. The van der Waals surface area contributed by atoms with Crippen LogP contribution in [0.3, 0.4) is 0 Å². The van der Waals surface area contributed by atoms with Gasteiger partial charge in [-0.05, 0) is 24.6 Å². The molecule has 0 atom stereocenters. The highest BCUT2D eigenvalue weighted by Crippen LogP contribution is 2.29. The van der Waals surface area contributed by atoms with Gasteiger partial charge in [0.05, 0.1) is 27.7 Å². The molecule has 5 nitrogen and oxygen atoms in total. The maximum atomic E-state index is 12.1. The van der Waals surface area contributed by atoms with Gasteiger partial charge in [0, 0.05) is 33.0 Å². The van der Waals surface area contributed by atoms with E-state index >= 15 is 0 Å². The Morgan fingerprint density at radius 2 is 1.89 bits per heavy atom. The number of imidazole rings is 1. The molecular weight excluding hydrogens is 397 g/mol. The van der Waals surface area contributed by atoms with Crippen LogP contribution in [0.2, 0.25) is 10.0 Å². The maximum Gasteiger partial charge on any atom is 0.221 e. The molecule has 1 heterocycles. The predicted molar refractivity (Wildman–Crippen MR) is 113 cm³/mol. The number of halogens is 2. The van der Waals surface area contributed by atoms with Gasteiger partial charge >= 0.3 is 0 Å². The van der Waals surface area contributed by atoms with E-state index in [0.29, 0.717) is 42.6 Å². The van der Waals surface area contributed by atoms with Gasteiger partial charge in [0.1, 0.15) is 5.82 Å². The summed E-state index contributed by atoms with van der Waals surface area (Å²) >= 11 is 12.4. The molecule has 1 aromatic heterocycles. The highest BCUT2D eigenvalue weighted by molar-refractivity contribution is 6.42. The molecule has 0 saturated heterocycles. The highest BCUT2D eigenvalue weighted by Gasteiger charge is 2.15. The van der Waals surface area contributed by atoms with Gasteiger partial charge in [-0.1, -0.05) is 53.0 Å². The number of fused-ring (bicyclic) bond motifs is 1. The van der Waals surface area contributed by atoms with Crippen LogP contribution in [-0.4, -0.2) is 35.7 Å². The number of hydrogen-bond donors (Lipinski definition) is 1. The SMILES string of the molecule is COCCNC(=O)CCn1c(Cc2ccc(C)cc2)nc2cc(Cl)c(Cl)cc21. The molecule has 0 aliphatic carbocycles. The topological polar surface area (TPSA) is 56.1 Å². The minimum atomic E-state index is -0.0275. The smallest absolute Gasteiger partial charge is 0.221 e. The Hall–Kier alpha value is -2.08. The molecule has 2 aromatic carbocycles. The third kappa shape index (κ3) is 5.04. The quantitative estimate of drug-likeness (QED) is 0.550. The maximum absolute atomic E-state index is 12.1. The van der Waals surface area contributed by atoms with E-state index in [2.05, 4.69) is 36.5 Å². The van der Waals surface area contributed by atoms with Crippen LogP contribution in [0.25, 0.3) is 11.0 Å². The average molecular weight is 420 g/mol. The molecule has 0 aliphatic heterocycles. The zero-order chi connectivity index (χ0) is 20.1. The molecule has 0 aliphatic rings. The van der Waals surface area contributed by atoms with Crippen molar-refractivity contribution in [1.29, 1.82) is 0 Å². The number of rotatable bonds is 8. The van der Waals surface area contributed by atoms with E-state index in [1.807, 2.05) is 10.6 Å². The van der Waals surface area contributed by atoms with Crippen molar-refractivity contribution in [3.05, 3.63) is 63.4 Å². The predicted octanol–water partition coefficient (Wildman–Crippen LogP) is 4.40. The monoisotopic (exact) mass is 419 g/mol. The van der Waals surface area contributed by atoms with E-state index in [4.69, 9.17) is 32.9 Å². The number of aromatic nitrogens is 2. The summed E-state index contributed by atoms with van der Waals surface area (Å²) in [6, 6.07) is 11.9. The number of amides is 1. The first kappa shape index (κ1) is 20.6. The van der Waals surface area contributed by atoms with E-state index in [1.54, 1.807) is 13.2 Å². The van der Waals surface area contributed by atoms with Crippen molar-refractivity contribution in [2.45, 2.75) is 26.3 Å². The molecule has 0 fully saturated rings. The number of ether oxygens (including phenoxy) is 1. The van der Waals surface area contributed by atoms with Gasteiger partial charge in [0.15, 0.2) is 0 Å². The number of nitrogens with zero attached hydrogens (tertiary/aromatic N) is 2. The Morgan fingerprint density at radius 1 is 1.18 bits per heavy atom. The Labute approximate surface area is 174 Å². The lowest BCUT2D eigenvalue weighted by Crippen LogP contribution is -2.27. The van der Waals surface area contributed by atoms with Crippen molar-refractivity contribution < 1.29 is 9.53 Å². The second kappa shape index (κ2) is 9.41. The van der Waals surface area contributed by atoms with Gasteiger partial charge in [-0.3, -0.25) is 4.79 Å². The Bertz CT molecular complexity index is 968. The fourth-order valence-electron chi connectivity index (χ4n) is 3.04. The minimum absolute atomic E-state index is 0.0275. The first-order valence-electron chi connectivity index (χ1n) is 9.13. The molecule has 7 heteroatoms. The lowest BCUT2D eigenvalue weighted by molar-refractivity contribution is -0.121. The van der Waals surface area contributed by atoms with Crippen LogP contribution < -0.4 is 5.32 Å². The van der Waals surface area contributed by atoms with Crippen LogP contribution in [0.15, 0.2) is 36.4 Å². The summed E-state index contributed by atoms with van der Waals surface area (Å²) < 4.78 is 7.01. The van der Waals surface area contributed by atoms with Crippen molar-refractivity contribution in [1.82, 2.24) is 14.9 Å². The summed E-state index contributed by atoms with van der Waals surface area (Å²) in [5, 5.41) is 3.79. The summed E-state index contributed by atoms with van der Waals surface area (Å²) in [7, 11) is 1.61. The van der Waals surface area contributed by atoms with Gasteiger partial charge in [0.2, 0.25) is 5.91 Å². The second-order valence-electron chi connectivity index (χ2n) is 6.69. The van der Waals surface area contributed by atoms with Gasteiger partial charge in [0.25, 0.3) is 0 Å². The summed E-state index contributed by atoms with van der Waals surface area (Å²) in [6.45, 7) is 3.56. The Balaban J connectivity index is 1.87. The number of hydrogen-bond acceptors (Lipinski definition) is 3. The molecule has 0 unspecified atom stereocenters. The highest BCUT2D eigenvalue weighted by atomic mass is 35.5. The van der Waals surface area contributed by atoms with Gasteiger partial charge < -0.3 is 14.6 Å². The summed E-state index contributed by atoms with van der Waals surface area (Å²) in [5.74, 6) is 0.849. The molecule has 0 bridgehead atoms. The molecule has 148 valence electrons. The van der Waals surface area contributed by atoms with Crippen molar-refractivity contribution in [3.8, 4) is 0 Å². The molecule has 3 rings (SSSR count). The number of carbonyl (C=O) groups is 1. The fourth-order valence-corrected chi connectivity index (χ4v) is 3.35. The van der Waals surface area contributed by atoms with Gasteiger partial charge in [-0.2, -0.15) is 0 Å². The lowest BCUT2D eigenvalue weighted by atomic mass is 10.1. The zero-order valence-corrected chi connectivity index (χ0v) is 17.5. The van der Waals surface area contributed by atoms with Crippen LogP contribution >= 0.6 is 23.2 Å².